The van der Waals surface area contributed by atoms with Gasteiger partial charge in [-0.1, -0.05) is 48.5 Å². The number of rotatable bonds is 5. The van der Waals surface area contributed by atoms with Crippen molar-refractivity contribution >= 4 is 23.3 Å². The largest absolute Gasteiger partial charge is 0.372 e. The standard InChI is InChI=1S/C21H19N3O2/c1-23(2)20-13-8-16(14-21(20)24(25)26)15-22-19-11-9-18(10-12-19)17-6-4-3-5-7-17/h3-15H,1-2H3. The van der Waals surface area contributed by atoms with E-state index in [0.29, 0.717) is 11.3 Å². The first-order valence-corrected chi connectivity index (χ1v) is 8.20. The van der Waals surface area contributed by atoms with Gasteiger partial charge in [0.15, 0.2) is 0 Å². The Hall–Kier alpha value is -3.47. The molecule has 0 amide bonds. The molecule has 130 valence electrons. The van der Waals surface area contributed by atoms with Crippen molar-refractivity contribution in [2.75, 3.05) is 19.0 Å². The van der Waals surface area contributed by atoms with Gasteiger partial charge in [0.25, 0.3) is 5.69 Å². The molecule has 0 aromatic heterocycles. The van der Waals surface area contributed by atoms with E-state index in [9.17, 15) is 10.1 Å². The normalized spacial score (nSPS) is 10.8. The van der Waals surface area contributed by atoms with Crippen LogP contribution in [0.25, 0.3) is 11.1 Å². The lowest BCUT2D eigenvalue weighted by Gasteiger charge is -2.12. The van der Waals surface area contributed by atoms with Gasteiger partial charge in [-0.2, -0.15) is 0 Å². The Bertz CT molecular complexity index is 933. The minimum Gasteiger partial charge on any atom is -0.372 e. The summed E-state index contributed by atoms with van der Waals surface area (Å²) in [7, 11) is 3.56. The highest BCUT2D eigenvalue weighted by molar-refractivity contribution is 5.85. The number of benzene rings is 3. The Morgan fingerprint density at radius 2 is 1.58 bits per heavy atom. The summed E-state index contributed by atoms with van der Waals surface area (Å²) < 4.78 is 0. The third kappa shape index (κ3) is 3.95. The molecule has 0 radical (unpaired) electrons. The van der Waals surface area contributed by atoms with Gasteiger partial charge >= 0.3 is 0 Å². The molecule has 5 nitrogen and oxygen atoms in total. The lowest BCUT2D eigenvalue weighted by molar-refractivity contribution is -0.384. The molecule has 5 heteroatoms. The molecule has 0 aliphatic heterocycles. The Morgan fingerprint density at radius 1 is 0.923 bits per heavy atom. The van der Waals surface area contributed by atoms with Gasteiger partial charge in [-0.3, -0.25) is 15.1 Å². The summed E-state index contributed by atoms with van der Waals surface area (Å²) in [5, 5.41) is 11.3. The summed E-state index contributed by atoms with van der Waals surface area (Å²) in [6.45, 7) is 0. The third-order valence-corrected chi connectivity index (χ3v) is 4.02. The number of hydrogen-bond acceptors (Lipinski definition) is 4. The number of nitro benzene ring substituents is 1. The molecule has 3 aromatic rings. The molecule has 0 aliphatic rings. The molecule has 0 heterocycles. The fourth-order valence-electron chi connectivity index (χ4n) is 2.66. The number of nitro groups is 1. The highest BCUT2D eigenvalue weighted by atomic mass is 16.6. The van der Waals surface area contributed by atoms with Gasteiger partial charge in [0, 0.05) is 26.4 Å². The molecule has 0 unspecified atom stereocenters. The quantitative estimate of drug-likeness (QED) is 0.368. The molecule has 0 atom stereocenters. The van der Waals surface area contributed by atoms with E-state index in [2.05, 4.69) is 17.1 Å². The second-order valence-corrected chi connectivity index (χ2v) is 6.07. The van der Waals surface area contributed by atoms with Crippen molar-refractivity contribution in [1.82, 2.24) is 0 Å². The molecule has 3 rings (SSSR count). The van der Waals surface area contributed by atoms with Crippen molar-refractivity contribution in [3.63, 3.8) is 0 Å². The zero-order valence-electron chi connectivity index (χ0n) is 14.7. The van der Waals surface area contributed by atoms with Crippen molar-refractivity contribution in [2.24, 2.45) is 4.99 Å². The van der Waals surface area contributed by atoms with Crippen LogP contribution in [-0.2, 0) is 0 Å². The van der Waals surface area contributed by atoms with Gasteiger partial charge in [0.1, 0.15) is 5.69 Å². The van der Waals surface area contributed by atoms with Gasteiger partial charge in [0.2, 0.25) is 0 Å². The minimum atomic E-state index is -0.374. The Labute approximate surface area is 152 Å². The molecular formula is C21H19N3O2. The topological polar surface area (TPSA) is 58.7 Å². The van der Waals surface area contributed by atoms with Crippen LogP contribution in [0.3, 0.4) is 0 Å². The molecule has 0 N–H and O–H groups in total. The Morgan fingerprint density at radius 3 is 2.19 bits per heavy atom. The van der Waals surface area contributed by atoms with Crippen LogP contribution >= 0.6 is 0 Å². The molecule has 0 bridgehead atoms. The van der Waals surface area contributed by atoms with Gasteiger partial charge in [0.05, 0.1) is 10.6 Å². The average Bonchev–Trinajstić information content (AvgIpc) is 2.67. The molecule has 0 aliphatic carbocycles. The lowest BCUT2D eigenvalue weighted by Crippen LogP contribution is -2.11. The predicted octanol–water partition coefficient (Wildman–Crippen LogP) is 5.08. The second kappa shape index (κ2) is 7.61. The van der Waals surface area contributed by atoms with Crippen LogP contribution in [-0.4, -0.2) is 25.2 Å². The summed E-state index contributed by atoms with van der Waals surface area (Å²) >= 11 is 0. The number of nitrogens with zero attached hydrogens (tertiary/aromatic N) is 3. The summed E-state index contributed by atoms with van der Waals surface area (Å²) in [4.78, 5) is 17.0. The first-order chi connectivity index (χ1) is 12.5. The number of hydrogen-bond donors (Lipinski definition) is 0. The molecule has 3 aromatic carbocycles. The molecule has 0 saturated carbocycles. The van der Waals surface area contributed by atoms with Crippen molar-refractivity contribution in [1.29, 1.82) is 0 Å². The highest BCUT2D eigenvalue weighted by Crippen LogP contribution is 2.27. The van der Waals surface area contributed by atoms with Crippen LogP contribution in [0.2, 0.25) is 0 Å². The van der Waals surface area contributed by atoms with Crippen molar-refractivity contribution in [3.05, 3.63) is 88.5 Å². The Balaban J connectivity index is 1.82. The third-order valence-electron chi connectivity index (χ3n) is 4.02. The number of anilines is 1. The monoisotopic (exact) mass is 345 g/mol. The number of aliphatic imine (C=N–C) groups is 1. The minimum absolute atomic E-state index is 0.0679. The van der Waals surface area contributed by atoms with Gasteiger partial charge < -0.3 is 4.90 Å². The van der Waals surface area contributed by atoms with Crippen LogP contribution in [0.1, 0.15) is 5.56 Å². The fourth-order valence-corrected chi connectivity index (χ4v) is 2.66. The van der Waals surface area contributed by atoms with Gasteiger partial charge in [-0.15, -0.1) is 0 Å². The smallest absolute Gasteiger partial charge is 0.293 e. The van der Waals surface area contributed by atoms with E-state index < -0.39 is 0 Å². The molecule has 26 heavy (non-hydrogen) atoms. The van der Waals surface area contributed by atoms with E-state index in [1.54, 1.807) is 31.3 Å². The lowest BCUT2D eigenvalue weighted by atomic mass is 10.1. The van der Waals surface area contributed by atoms with Crippen LogP contribution < -0.4 is 4.90 Å². The van der Waals surface area contributed by atoms with Gasteiger partial charge in [-0.05, 0) is 34.9 Å². The van der Waals surface area contributed by atoms with Crippen LogP contribution in [0.4, 0.5) is 17.1 Å². The maximum atomic E-state index is 11.3. The zero-order chi connectivity index (χ0) is 18.5. The maximum Gasteiger partial charge on any atom is 0.293 e. The zero-order valence-corrected chi connectivity index (χ0v) is 14.7. The predicted molar refractivity (Wildman–Crippen MR) is 107 cm³/mol. The molecule has 0 saturated heterocycles. The Kier molecular flexibility index (Phi) is 5.08. The van der Waals surface area contributed by atoms with E-state index in [0.717, 1.165) is 16.8 Å². The van der Waals surface area contributed by atoms with Crippen molar-refractivity contribution in [2.45, 2.75) is 0 Å². The van der Waals surface area contributed by atoms with Crippen molar-refractivity contribution < 1.29 is 4.92 Å². The summed E-state index contributed by atoms with van der Waals surface area (Å²) in [6, 6.07) is 23.1. The van der Waals surface area contributed by atoms with Crippen LogP contribution in [0.5, 0.6) is 0 Å². The van der Waals surface area contributed by atoms with E-state index in [-0.39, 0.29) is 10.6 Å². The molecule has 0 fully saturated rings. The van der Waals surface area contributed by atoms with E-state index in [1.807, 2.05) is 48.5 Å². The molecular weight excluding hydrogens is 326 g/mol. The van der Waals surface area contributed by atoms with Crippen LogP contribution in [0, 0.1) is 10.1 Å². The highest BCUT2D eigenvalue weighted by Gasteiger charge is 2.15. The maximum absolute atomic E-state index is 11.3. The van der Waals surface area contributed by atoms with E-state index in [1.165, 1.54) is 6.07 Å². The first-order valence-electron chi connectivity index (χ1n) is 8.20. The fraction of sp³-hybridized carbons (Fsp3) is 0.0952. The summed E-state index contributed by atoms with van der Waals surface area (Å²) in [6.07, 6.45) is 1.64. The van der Waals surface area contributed by atoms with E-state index >= 15 is 0 Å². The summed E-state index contributed by atoms with van der Waals surface area (Å²) in [5.74, 6) is 0. The summed E-state index contributed by atoms with van der Waals surface area (Å²) in [5.41, 5.74) is 4.39. The first kappa shape index (κ1) is 17.4. The average molecular weight is 345 g/mol. The second-order valence-electron chi connectivity index (χ2n) is 6.07. The SMILES string of the molecule is CN(C)c1ccc(C=Nc2ccc(-c3ccccc3)cc2)cc1[N+](=O)[O-]. The van der Waals surface area contributed by atoms with Crippen LogP contribution in [0.15, 0.2) is 77.8 Å². The molecule has 0 spiro atoms. The van der Waals surface area contributed by atoms with E-state index in [4.69, 9.17) is 0 Å². The van der Waals surface area contributed by atoms with Gasteiger partial charge in [-0.25, -0.2) is 0 Å². The van der Waals surface area contributed by atoms with Crippen molar-refractivity contribution in [3.8, 4) is 11.1 Å².